The fraction of sp³-hybridized carbons (Fsp3) is 0.600. The van der Waals surface area contributed by atoms with E-state index in [0.29, 0.717) is 12.7 Å². The Morgan fingerprint density at radius 1 is 1.22 bits per heavy atom. The van der Waals surface area contributed by atoms with Crippen LogP contribution in [0.5, 0.6) is 5.75 Å². The molecule has 0 saturated carbocycles. The Hall–Kier alpha value is -1.06. The van der Waals surface area contributed by atoms with Crippen LogP contribution in [0, 0.1) is 13.8 Å². The van der Waals surface area contributed by atoms with Crippen LogP contribution in [0.2, 0.25) is 0 Å². The molecular weight excluding hydrogens is 226 g/mol. The third kappa shape index (κ3) is 3.47. The van der Waals surface area contributed by atoms with Gasteiger partial charge in [-0.15, -0.1) is 0 Å². The second-order valence-corrected chi connectivity index (χ2v) is 5.07. The van der Waals surface area contributed by atoms with Gasteiger partial charge in [0, 0.05) is 6.54 Å². The molecule has 0 amide bonds. The highest BCUT2D eigenvalue weighted by Crippen LogP contribution is 2.21. The quantitative estimate of drug-likeness (QED) is 0.869. The maximum absolute atomic E-state index is 5.89. The predicted octanol–water partition coefficient (Wildman–Crippen LogP) is 2.45. The molecule has 1 saturated heterocycles. The summed E-state index contributed by atoms with van der Waals surface area (Å²) in [5, 5.41) is 3.15. The molecule has 1 fully saturated rings. The van der Waals surface area contributed by atoms with E-state index in [1.807, 2.05) is 13.1 Å². The summed E-state index contributed by atoms with van der Waals surface area (Å²) in [6.07, 6.45) is 2.81. The van der Waals surface area contributed by atoms with Gasteiger partial charge in [-0.2, -0.15) is 0 Å². The number of aryl methyl sites for hydroxylation is 2. The molecule has 2 rings (SSSR count). The highest BCUT2D eigenvalue weighted by Gasteiger charge is 2.24. The monoisotopic (exact) mass is 249 g/mol. The molecule has 3 heteroatoms. The normalized spacial score (nSPS) is 23.3. The molecule has 100 valence electrons. The maximum atomic E-state index is 5.89. The van der Waals surface area contributed by atoms with E-state index in [4.69, 9.17) is 9.47 Å². The summed E-state index contributed by atoms with van der Waals surface area (Å²) in [7, 11) is 1.96. The van der Waals surface area contributed by atoms with E-state index in [0.717, 1.165) is 25.1 Å². The minimum Gasteiger partial charge on any atom is -0.491 e. The molecule has 1 aromatic carbocycles. The van der Waals surface area contributed by atoms with Gasteiger partial charge in [0.25, 0.3) is 0 Å². The number of hydrogen-bond donors (Lipinski definition) is 1. The lowest BCUT2D eigenvalue weighted by Gasteiger charge is -2.15. The fourth-order valence-corrected chi connectivity index (χ4v) is 2.27. The average molecular weight is 249 g/mol. The molecule has 18 heavy (non-hydrogen) atoms. The molecule has 1 aliphatic rings. The first-order valence-electron chi connectivity index (χ1n) is 6.69. The summed E-state index contributed by atoms with van der Waals surface area (Å²) >= 11 is 0. The minimum absolute atomic E-state index is 0.241. The molecule has 3 nitrogen and oxygen atoms in total. The molecule has 1 heterocycles. The van der Waals surface area contributed by atoms with E-state index in [9.17, 15) is 0 Å². The van der Waals surface area contributed by atoms with Gasteiger partial charge in [0.2, 0.25) is 0 Å². The number of nitrogens with one attached hydrogen (secondary N) is 1. The van der Waals surface area contributed by atoms with E-state index in [2.05, 4.69) is 31.3 Å². The molecule has 2 unspecified atom stereocenters. The first-order valence-corrected chi connectivity index (χ1v) is 6.69. The van der Waals surface area contributed by atoms with E-state index in [1.165, 1.54) is 11.1 Å². The number of ether oxygens (including phenoxy) is 2. The Kier molecular flexibility index (Phi) is 4.61. The van der Waals surface area contributed by atoms with Crippen molar-refractivity contribution >= 4 is 0 Å². The van der Waals surface area contributed by atoms with Crippen molar-refractivity contribution in [3.63, 3.8) is 0 Å². The van der Waals surface area contributed by atoms with E-state index in [1.54, 1.807) is 0 Å². The highest BCUT2D eigenvalue weighted by molar-refractivity contribution is 5.33. The van der Waals surface area contributed by atoms with Gasteiger partial charge in [-0.05, 0) is 57.0 Å². The summed E-state index contributed by atoms with van der Waals surface area (Å²) in [6, 6.07) is 6.22. The summed E-state index contributed by atoms with van der Waals surface area (Å²) < 4.78 is 11.7. The summed E-state index contributed by atoms with van der Waals surface area (Å²) in [6.45, 7) is 5.81. The molecule has 0 aromatic heterocycles. The van der Waals surface area contributed by atoms with Crippen LogP contribution in [-0.2, 0) is 4.74 Å². The SMILES string of the molecule is CNCC1CCC(COc2ccc(C)c(C)c2)O1. The van der Waals surface area contributed by atoms with Crippen molar-refractivity contribution in [3.05, 3.63) is 29.3 Å². The number of hydrogen-bond acceptors (Lipinski definition) is 3. The van der Waals surface area contributed by atoms with Gasteiger partial charge in [0.1, 0.15) is 12.4 Å². The predicted molar refractivity (Wildman–Crippen MR) is 73.2 cm³/mol. The maximum Gasteiger partial charge on any atom is 0.119 e. The molecule has 1 N–H and O–H groups in total. The van der Waals surface area contributed by atoms with Gasteiger partial charge < -0.3 is 14.8 Å². The molecule has 0 aliphatic carbocycles. The number of rotatable bonds is 5. The summed E-state index contributed by atoms with van der Waals surface area (Å²) in [4.78, 5) is 0. The number of likely N-dealkylation sites (N-methyl/N-ethyl adjacent to an activating group) is 1. The second-order valence-electron chi connectivity index (χ2n) is 5.07. The second kappa shape index (κ2) is 6.21. The average Bonchev–Trinajstić information content (AvgIpc) is 2.79. The van der Waals surface area contributed by atoms with Gasteiger partial charge in [-0.1, -0.05) is 6.07 Å². The molecule has 0 spiro atoms. The van der Waals surface area contributed by atoms with Gasteiger partial charge in [0.05, 0.1) is 12.2 Å². The minimum atomic E-state index is 0.241. The highest BCUT2D eigenvalue weighted by atomic mass is 16.5. The van der Waals surface area contributed by atoms with Crippen molar-refractivity contribution in [3.8, 4) is 5.75 Å². The van der Waals surface area contributed by atoms with Crippen LogP contribution in [-0.4, -0.2) is 32.4 Å². The van der Waals surface area contributed by atoms with Crippen molar-refractivity contribution in [1.29, 1.82) is 0 Å². The third-order valence-electron chi connectivity index (χ3n) is 3.54. The van der Waals surface area contributed by atoms with Crippen molar-refractivity contribution < 1.29 is 9.47 Å². The molecule has 1 aromatic rings. The van der Waals surface area contributed by atoms with E-state index >= 15 is 0 Å². The van der Waals surface area contributed by atoms with Crippen LogP contribution < -0.4 is 10.1 Å². The first kappa shape index (κ1) is 13.4. The molecule has 2 atom stereocenters. The molecule has 0 radical (unpaired) electrons. The Labute approximate surface area is 109 Å². The number of benzene rings is 1. The zero-order chi connectivity index (χ0) is 13.0. The van der Waals surface area contributed by atoms with Gasteiger partial charge in [-0.25, -0.2) is 0 Å². The topological polar surface area (TPSA) is 30.5 Å². The Morgan fingerprint density at radius 3 is 2.72 bits per heavy atom. The Balaban J connectivity index is 1.80. The van der Waals surface area contributed by atoms with Crippen LogP contribution in [0.3, 0.4) is 0 Å². The van der Waals surface area contributed by atoms with Gasteiger partial charge in [-0.3, -0.25) is 0 Å². The van der Waals surface area contributed by atoms with E-state index in [-0.39, 0.29) is 6.10 Å². The van der Waals surface area contributed by atoms with Crippen LogP contribution in [0.1, 0.15) is 24.0 Å². The summed E-state index contributed by atoms with van der Waals surface area (Å²) in [5.74, 6) is 0.943. The van der Waals surface area contributed by atoms with Crippen LogP contribution in [0.15, 0.2) is 18.2 Å². The Bertz CT molecular complexity index is 392. The van der Waals surface area contributed by atoms with Crippen LogP contribution in [0.25, 0.3) is 0 Å². The van der Waals surface area contributed by atoms with Crippen molar-refractivity contribution in [1.82, 2.24) is 5.32 Å². The standard InChI is InChI=1S/C15H23NO2/c1-11-4-5-13(8-12(11)2)17-10-15-7-6-14(18-15)9-16-3/h4-5,8,14-16H,6-7,9-10H2,1-3H3. The van der Waals surface area contributed by atoms with Crippen molar-refractivity contribution in [2.75, 3.05) is 20.2 Å². The molecule has 1 aliphatic heterocycles. The smallest absolute Gasteiger partial charge is 0.119 e. The lowest BCUT2D eigenvalue weighted by atomic mass is 10.1. The van der Waals surface area contributed by atoms with Gasteiger partial charge in [0.15, 0.2) is 0 Å². The zero-order valence-electron chi connectivity index (χ0n) is 11.5. The molecular formula is C15H23NO2. The first-order chi connectivity index (χ1) is 8.69. The molecule has 0 bridgehead atoms. The zero-order valence-corrected chi connectivity index (χ0v) is 11.5. The van der Waals surface area contributed by atoms with Crippen molar-refractivity contribution in [2.45, 2.75) is 38.9 Å². The van der Waals surface area contributed by atoms with Gasteiger partial charge >= 0.3 is 0 Å². The lowest BCUT2D eigenvalue weighted by molar-refractivity contribution is 0.0193. The van der Waals surface area contributed by atoms with E-state index < -0.39 is 0 Å². The summed E-state index contributed by atoms with van der Waals surface area (Å²) in [5.41, 5.74) is 2.57. The van der Waals surface area contributed by atoms with Crippen molar-refractivity contribution in [2.24, 2.45) is 0 Å². The largest absolute Gasteiger partial charge is 0.491 e. The Morgan fingerprint density at radius 2 is 2.00 bits per heavy atom. The lowest BCUT2D eigenvalue weighted by Crippen LogP contribution is -2.25. The third-order valence-corrected chi connectivity index (χ3v) is 3.54. The fourth-order valence-electron chi connectivity index (χ4n) is 2.27. The van der Waals surface area contributed by atoms with Crippen LogP contribution >= 0.6 is 0 Å². The van der Waals surface area contributed by atoms with Crippen LogP contribution in [0.4, 0.5) is 0 Å².